The molecule has 0 aliphatic heterocycles. The van der Waals surface area contributed by atoms with Crippen molar-refractivity contribution in [1.29, 1.82) is 0 Å². The molecule has 0 fully saturated rings. The molecule has 0 amide bonds. The average Bonchev–Trinajstić information content (AvgIpc) is 3.21. The Bertz CT molecular complexity index is 1210. The van der Waals surface area contributed by atoms with Gasteiger partial charge in [-0.2, -0.15) is 0 Å². The minimum absolute atomic E-state index is 0.0776. The second kappa shape index (κ2) is 10.1. The maximum absolute atomic E-state index is 12.7. The smallest absolute Gasteiger partial charge is 0.345 e. The van der Waals surface area contributed by atoms with E-state index in [1.54, 1.807) is 0 Å². The fourth-order valence-electron chi connectivity index (χ4n) is 3.92. The number of rotatable bonds is 6. The number of aryl methyl sites for hydroxylation is 2. The molecular weight excluding hydrogens is 440 g/mol. The second-order valence-electron chi connectivity index (χ2n) is 10.1. The van der Waals surface area contributed by atoms with Gasteiger partial charge in [0, 0.05) is 28.7 Å². The Morgan fingerprint density at radius 2 is 1.53 bits per heavy atom. The Hall–Kier alpha value is -3.03. The van der Waals surface area contributed by atoms with E-state index in [1.807, 2.05) is 46.8 Å². The maximum atomic E-state index is 12.7. The van der Waals surface area contributed by atoms with Crippen molar-refractivity contribution in [3.8, 4) is 22.5 Å². The van der Waals surface area contributed by atoms with Crippen LogP contribution in [0.15, 0.2) is 53.9 Å². The Balaban J connectivity index is 1.69. The summed E-state index contributed by atoms with van der Waals surface area (Å²) in [5.74, 6) is 6.53. The van der Waals surface area contributed by atoms with E-state index >= 15 is 0 Å². The average molecular weight is 476 g/mol. The van der Waals surface area contributed by atoms with Crippen LogP contribution in [0.2, 0.25) is 0 Å². The van der Waals surface area contributed by atoms with Gasteiger partial charge in [0.2, 0.25) is 4.88 Å². The predicted molar refractivity (Wildman–Crippen MR) is 142 cm³/mol. The van der Waals surface area contributed by atoms with Crippen molar-refractivity contribution >= 4 is 16.4 Å². The van der Waals surface area contributed by atoms with Gasteiger partial charge < -0.3 is 9.47 Å². The van der Waals surface area contributed by atoms with Gasteiger partial charge in [0.15, 0.2) is 11.5 Å². The van der Waals surface area contributed by atoms with Gasteiger partial charge in [-0.1, -0.05) is 51.0 Å². The zero-order valence-electron chi connectivity index (χ0n) is 21.5. The van der Waals surface area contributed by atoms with Gasteiger partial charge in [-0.05, 0) is 74.3 Å². The molecule has 0 radical (unpaired) electrons. The highest BCUT2D eigenvalue weighted by Gasteiger charge is 2.27. The highest BCUT2D eigenvalue weighted by Crippen LogP contribution is 2.39. The summed E-state index contributed by atoms with van der Waals surface area (Å²) in [6, 6.07) is 16.6. The minimum atomic E-state index is -0.746. The van der Waals surface area contributed by atoms with E-state index in [0.29, 0.717) is 0 Å². The SMILES string of the molecule is CC#Cc1ccc[s+]1-c1cc(C)c(OCC(=O)OC(C)(C)c2ccc(C(C)(C)C)cc2)c(C)c1. The molecule has 1 heterocycles. The summed E-state index contributed by atoms with van der Waals surface area (Å²) in [6.45, 7) is 16.1. The largest absolute Gasteiger partial charge is 0.481 e. The number of hydrogen-bond donors (Lipinski definition) is 0. The Kier molecular flexibility index (Phi) is 7.58. The van der Waals surface area contributed by atoms with E-state index in [1.165, 1.54) is 10.5 Å². The van der Waals surface area contributed by atoms with Gasteiger partial charge in [-0.25, -0.2) is 4.79 Å². The highest BCUT2D eigenvalue weighted by atomic mass is 32.2. The first-order valence-corrected chi connectivity index (χ1v) is 12.8. The van der Waals surface area contributed by atoms with Crippen LogP contribution in [0.25, 0.3) is 4.90 Å². The van der Waals surface area contributed by atoms with Crippen molar-refractivity contribution in [2.75, 3.05) is 6.61 Å². The summed E-state index contributed by atoms with van der Waals surface area (Å²) >= 11 is 0. The predicted octanol–water partition coefficient (Wildman–Crippen LogP) is 7.57. The molecule has 0 N–H and O–H groups in total. The first-order chi connectivity index (χ1) is 15.9. The summed E-state index contributed by atoms with van der Waals surface area (Å²) in [5, 5.41) is 2.18. The number of carbonyl (C=O) groups excluding carboxylic acids is 1. The number of hydrogen-bond acceptors (Lipinski definition) is 3. The van der Waals surface area contributed by atoms with Crippen LogP contribution in [0, 0.1) is 25.7 Å². The normalized spacial score (nSPS) is 12.1. The molecule has 4 heteroatoms. The van der Waals surface area contributed by atoms with Crippen LogP contribution >= 0.6 is 10.5 Å². The van der Waals surface area contributed by atoms with Crippen molar-refractivity contribution in [2.24, 2.45) is 0 Å². The molecule has 0 spiro atoms. The third-order valence-electron chi connectivity index (χ3n) is 5.78. The van der Waals surface area contributed by atoms with Crippen LogP contribution in [0.4, 0.5) is 0 Å². The molecule has 2 aromatic carbocycles. The van der Waals surface area contributed by atoms with Gasteiger partial charge in [-0.3, -0.25) is 0 Å². The van der Waals surface area contributed by atoms with Crippen molar-refractivity contribution in [3.63, 3.8) is 0 Å². The lowest BCUT2D eigenvalue weighted by molar-refractivity contribution is -0.159. The fourth-order valence-corrected chi connectivity index (χ4v) is 5.76. The monoisotopic (exact) mass is 475 g/mol. The molecule has 0 aliphatic carbocycles. The maximum Gasteiger partial charge on any atom is 0.345 e. The minimum Gasteiger partial charge on any atom is -0.481 e. The molecule has 3 rings (SSSR count). The standard InChI is InChI=1S/C30H35O3S/c1-9-11-25-12-10-17-34(25)26-18-21(2)28(22(3)19-26)32-20-27(31)33-30(7,8)24-15-13-23(14-16-24)29(4,5)6/h10,12-19H,20H2,1-8H3/q+1. The summed E-state index contributed by atoms with van der Waals surface area (Å²) < 4.78 is 11.7. The lowest BCUT2D eigenvalue weighted by atomic mass is 9.85. The van der Waals surface area contributed by atoms with Crippen LogP contribution in [-0.2, 0) is 20.5 Å². The fraction of sp³-hybridized carbons (Fsp3) is 0.367. The van der Waals surface area contributed by atoms with Gasteiger partial charge >= 0.3 is 5.97 Å². The third-order valence-corrected chi connectivity index (χ3v) is 7.67. The zero-order valence-corrected chi connectivity index (χ0v) is 22.4. The lowest BCUT2D eigenvalue weighted by Crippen LogP contribution is -2.29. The molecule has 34 heavy (non-hydrogen) atoms. The molecule has 1 atom stereocenters. The quantitative estimate of drug-likeness (QED) is 0.209. The molecule has 1 aromatic heterocycles. The van der Waals surface area contributed by atoms with E-state index in [-0.39, 0.29) is 22.5 Å². The number of ether oxygens (including phenoxy) is 2. The van der Waals surface area contributed by atoms with Crippen LogP contribution in [0.5, 0.6) is 5.75 Å². The molecule has 1 unspecified atom stereocenters. The highest BCUT2D eigenvalue weighted by molar-refractivity contribution is 7.38. The number of carbonyl (C=O) groups is 1. The lowest BCUT2D eigenvalue weighted by Gasteiger charge is -2.27. The summed E-state index contributed by atoms with van der Waals surface area (Å²) in [7, 11) is -0.152. The Morgan fingerprint density at radius 3 is 2.09 bits per heavy atom. The van der Waals surface area contributed by atoms with E-state index < -0.39 is 11.6 Å². The topological polar surface area (TPSA) is 35.5 Å². The summed E-state index contributed by atoms with van der Waals surface area (Å²) in [6.07, 6.45) is 0. The van der Waals surface area contributed by atoms with Crippen molar-refractivity contribution in [2.45, 2.75) is 66.4 Å². The molecule has 0 saturated carbocycles. The van der Waals surface area contributed by atoms with E-state index in [0.717, 1.165) is 27.3 Å². The Labute approximate surface area is 207 Å². The summed E-state index contributed by atoms with van der Waals surface area (Å²) in [5.41, 5.74) is 3.52. The molecule has 3 aromatic rings. The third kappa shape index (κ3) is 5.90. The molecule has 0 saturated heterocycles. The van der Waals surface area contributed by atoms with Crippen LogP contribution in [0.3, 0.4) is 0 Å². The first kappa shape index (κ1) is 25.6. The van der Waals surface area contributed by atoms with Gasteiger partial charge in [-0.15, -0.1) is 0 Å². The second-order valence-corrected chi connectivity index (χ2v) is 11.9. The first-order valence-electron chi connectivity index (χ1n) is 11.5. The van der Waals surface area contributed by atoms with Crippen molar-refractivity contribution < 1.29 is 14.3 Å². The number of esters is 1. The van der Waals surface area contributed by atoms with Gasteiger partial charge in [0.1, 0.15) is 16.7 Å². The van der Waals surface area contributed by atoms with Gasteiger partial charge in [0.25, 0.3) is 0 Å². The van der Waals surface area contributed by atoms with Crippen LogP contribution in [-0.4, -0.2) is 12.6 Å². The van der Waals surface area contributed by atoms with Crippen molar-refractivity contribution in [3.05, 3.63) is 81.0 Å². The van der Waals surface area contributed by atoms with E-state index in [4.69, 9.17) is 9.47 Å². The van der Waals surface area contributed by atoms with Crippen LogP contribution < -0.4 is 4.74 Å². The molecule has 0 bridgehead atoms. The molecule has 178 valence electrons. The van der Waals surface area contributed by atoms with Crippen LogP contribution in [0.1, 0.15) is 68.7 Å². The molecular formula is C30H35O3S+. The van der Waals surface area contributed by atoms with E-state index in [2.05, 4.69) is 74.4 Å². The molecule has 0 aliphatic rings. The Morgan fingerprint density at radius 1 is 0.941 bits per heavy atom. The summed E-state index contributed by atoms with van der Waals surface area (Å²) in [4.78, 5) is 15.0. The van der Waals surface area contributed by atoms with E-state index in [9.17, 15) is 4.79 Å². The zero-order chi connectivity index (χ0) is 25.1. The number of benzene rings is 2. The number of thiophene rings is 1. The van der Waals surface area contributed by atoms with Crippen molar-refractivity contribution in [1.82, 2.24) is 0 Å². The molecule has 3 nitrogen and oxygen atoms in total. The van der Waals surface area contributed by atoms with Gasteiger partial charge in [0.05, 0.1) is 0 Å².